The van der Waals surface area contributed by atoms with Crippen molar-refractivity contribution in [1.29, 1.82) is 0 Å². The van der Waals surface area contributed by atoms with Crippen molar-refractivity contribution in [1.82, 2.24) is 19.4 Å². The van der Waals surface area contributed by atoms with Crippen LogP contribution in [0.15, 0.2) is 54.4 Å². The van der Waals surface area contributed by atoms with Crippen molar-refractivity contribution in [2.75, 3.05) is 12.4 Å². The van der Waals surface area contributed by atoms with E-state index in [1.54, 1.807) is 44.0 Å². The number of benzene rings is 1. The summed E-state index contributed by atoms with van der Waals surface area (Å²) in [6.45, 7) is 9.97. The van der Waals surface area contributed by atoms with Gasteiger partial charge in [-0.3, -0.25) is 9.79 Å². The van der Waals surface area contributed by atoms with Gasteiger partial charge in [0.15, 0.2) is 0 Å². The van der Waals surface area contributed by atoms with Crippen LogP contribution in [0.1, 0.15) is 59.9 Å². The minimum atomic E-state index is -0.591. The van der Waals surface area contributed by atoms with Crippen molar-refractivity contribution in [3.63, 3.8) is 0 Å². The number of aryl methyl sites for hydroxylation is 1. The Kier molecular flexibility index (Phi) is 6.58. The molecule has 8 heteroatoms. The highest BCUT2D eigenvalue weighted by Crippen LogP contribution is 2.39. The van der Waals surface area contributed by atoms with Gasteiger partial charge in [0.25, 0.3) is 5.91 Å². The Bertz CT molecular complexity index is 1260. The minimum absolute atomic E-state index is 0.0600. The standard InChI is InChI=1S/C26H29FN6O/c1-16(2)33(14-28-5)18(4)22-7-6-8-25(30-22)31-26(34)20-12-24(17(3)11-21(20)27)32-13-23(29-15-32)19-9-10-19/h6-8,11-16,19H,4,9-10H2,1-3,5H3,(H,30,31,34). The topological polar surface area (TPSA) is 75.4 Å². The van der Waals surface area contributed by atoms with Gasteiger partial charge < -0.3 is 14.8 Å². The van der Waals surface area contributed by atoms with Crippen molar-refractivity contribution in [3.05, 3.63) is 77.8 Å². The zero-order valence-corrected chi connectivity index (χ0v) is 19.9. The molecule has 0 spiro atoms. The molecule has 1 saturated carbocycles. The summed E-state index contributed by atoms with van der Waals surface area (Å²) in [4.78, 5) is 27.9. The maximum atomic E-state index is 14.8. The van der Waals surface area contributed by atoms with E-state index in [0.717, 1.165) is 24.1 Å². The lowest BCUT2D eigenvalue weighted by Gasteiger charge is -2.25. The van der Waals surface area contributed by atoms with Gasteiger partial charge in [-0.15, -0.1) is 0 Å². The Labute approximate surface area is 199 Å². The first-order valence-electron chi connectivity index (χ1n) is 11.3. The fourth-order valence-electron chi connectivity index (χ4n) is 3.79. The number of anilines is 1. The fourth-order valence-corrected chi connectivity index (χ4v) is 3.79. The first-order valence-corrected chi connectivity index (χ1v) is 11.3. The third kappa shape index (κ3) is 4.90. The van der Waals surface area contributed by atoms with Gasteiger partial charge in [-0.25, -0.2) is 14.4 Å². The van der Waals surface area contributed by atoms with E-state index in [0.29, 0.717) is 28.8 Å². The third-order valence-corrected chi connectivity index (χ3v) is 5.80. The molecule has 0 aliphatic heterocycles. The van der Waals surface area contributed by atoms with Crippen molar-refractivity contribution < 1.29 is 9.18 Å². The lowest BCUT2D eigenvalue weighted by Crippen LogP contribution is -2.28. The van der Waals surface area contributed by atoms with E-state index in [4.69, 9.17) is 0 Å². The Morgan fingerprint density at radius 3 is 2.79 bits per heavy atom. The van der Waals surface area contributed by atoms with E-state index in [1.807, 2.05) is 36.4 Å². The minimum Gasteiger partial charge on any atom is -0.329 e. The molecular weight excluding hydrogens is 431 g/mol. The zero-order chi connectivity index (χ0) is 24.4. The first kappa shape index (κ1) is 23.4. The predicted molar refractivity (Wildman–Crippen MR) is 133 cm³/mol. The Morgan fingerprint density at radius 2 is 2.12 bits per heavy atom. The van der Waals surface area contributed by atoms with Crippen molar-refractivity contribution in [3.8, 4) is 5.69 Å². The Hall–Kier alpha value is -3.81. The van der Waals surface area contributed by atoms with Crippen LogP contribution in [0.4, 0.5) is 10.2 Å². The molecule has 0 bridgehead atoms. The molecule has 176 valence electrons. The summed E-state index contributed by atoms with van der Waals surface area (Å²) < 4.78 is 16.6. The molecule has 0 saturated heterocycles. The number of carbonyl (C=O) groups is 1. The quantitative estimate of drug-likeness (QED) is 0.371. The molecule has 1 N–H and O–H groups in total. The number of rotatable bonds is 8. The molecule has 1 aliphatic rings. The van der Waals surface area contributed by atoms with Crippen LogP contribution < -0.4 is 5.32 Å². The molecule has 2 heterocycles. The molecule has 4 rings (SSSR count). The zero-order valence-electron chi connectivity index (χ0n) is 19.9. The van der Waals surface area contributed by atoms with Gasteiger partial charge in [0.05, 0.1) is 41.0 Å². The average Bonchev–Trinajstić information content (AvgIpc) is 3.54. The van der Waals surface area contributed by atoms with Crippen molar-refractivity contribution in [2.45, 2.75) is 45.6 Å². The summed E-state index contributed by atoms with van der Waals surface area (Å²) in [6, 6.07) is 8.29. The maximum Gasteiger partial charge on any atom is 0.259 e. The number of imidazole rings is 1. The average molecular weight is 461 g/mol. The Morgan fingerprint density at radius 1 is 1.35 bits per heavy atom. The first-order chi connectivity index (χ1) is 16.3. The molecule has 0 radical (unpaired) electrons. The summed E-state index contributed by atoms with van der Waals surface area (Å²) >= 11 is 0. The van der Waals surface area contributed by atoms with Crippen LogP contribution >= 0.6 is 0 Å². The largest absolute Gasteiger partial charge is 0.329 e. The van der Waals surface area contributed by atoms with Gasteiger partial charge in [-0.05, 0) is 63.4 Å². The highest BCUT2D eigenvalue weighted by molar-refractivity contribution is 6.04. The second-order valence-corrected chi connectivity index (χ2v) is 8.78. The van der Waals surface area contributed by atoms with Crippen LogP contribution in [0, 0.1) is 12.7 Å². The van der Waals surface area contributed by atoms with Gasteiger partial charge in [0.2, 0.25) is 0 Å². The summed E-state index contributed by atoms with van der Waals surface area (Å²) in [7, 11) is 1.69. The number of halogens is 1. The number of carbonyl (C=O) groups excluding carboxylic acids is 1. The third-order valence-electron chi connectivity index (χ3n) is 5.80. The number of aliphatic imine (C=N–C) groups is 1. The van der Waals surface area contributed by atoms with E-state index < -0.39 is 11.7 Å². The summed E-state index contributed by atoms with van der Waals surface area (Å²) in [5.41, 5.74) is 3.63. The van der Waals surface area contributed by atoms with Crippen LogP contribution in [0.3, 0.4) is 0 Å². The molecule has 7 nitrogen and oxygen atoms in total. The molecule has 1 aliphatic carbocycles. The summed E-state index contributed by atoms with van der Waals surface area (Å²) in [5, 5.41) is 2.72. The highest BCUT2D eigenvalue weighted by atomic mass is 19.1. The fraction of sp³-hybridized carbons (Fsp3) is 0.308. The molecule has 1 aromatic carbocycles. The lowest BCUT2D eigenvalue weighted by atomic mass is 10.1. The number of nitrogens with zero attached hydrogens (tertiary/aromatic N) is 5. The maximum absolute atomic E-state index is 14.8. The summed E-state index contributed by atoms with van der Waals surface area (Å²) in [5.74, 6) is -0.353. The highest BCUT2D eigenvalue weighted by Gasteiger charge is 2.26. The molecule has 3 aromatic rings. The predicted octanol–water partition coefficient (Wildman–Crippen LogP) is 5.18. The van der Waals surface area contributed by atoms with Crippen LogP contribution in [0.2, 0.25) is 0 Å². The second kappa shape index (κ2) is 9.59. The number of hydrogen-bond acceptors (Lipinski definition) is 4. The van der Waals surface area contributed by atoms with E-state index in [9.17, 15) is 9.18 Å². The number of amides is 1. The molecule has 34 heavy (non-hydrogen) atoms. The van der Waals surface area contributed by atoms with Gasteiger partial charge in [0, 0.05) is 25.2 Å². The van der Waals surface area contributed by atoms with Crippen molar-refractivity contribution >= 4 is 23.8 Å². The van der Waals surface area contributed by atoms with Crippen molar-refractivity contribution in [2.24, 2.45) is 4.99 Å². The van der Waals surface area contributed by atoms with Gasteiger partial charge in [-0.1, -0.05) is 12.6 Å². The summed E-state index contributed by atoms with van der Waals surface area (Å²) in [6.07, 6.45) is 7.65. The number of pyridine rings is 1. The molecule has 1 amide bonds. The monoisotopic (exact) mass is 460 g/mol. The van der Waals surface area contributed by atoms with Crippen LogP contribution in [0.25, 0.3) is 11.4 Å². The molecule has 0 atom stereocenters. The van der Waals surface area contributed by atoms with Gasteiger partial charge in [0.1, 0.15) is 11.6 Å². The molecule has 0 unspecified atom stereocenters. The van der Waals surface area contributed by atoms with Gasteiger partial charge >= 0.3 is 0 Å². The van der Waals surface area contributed by atoms with E-state index in [-0.39, 0.29) is 11.6 Å². The van der Waals surface area contributed by atoms with E-state index >= 15 is 0 Å². The normalized spacial score (nSPS) is 13.5. The second-order valence-electron chi connectivity index (χ2n) is 8.78. The lowest BCUT2D eigenvalue weighted by molar-refractivity contribution is 0.102. The molecule has 1 fully saturated rings. The van der Waals surface area contributed by atoms with Crippen LogP contribution in [0.5, 0.6) is 0 Å². The Balaban J connectivity index is 1.58. The van der Waals surface area contributed by atoms with Crippen LogP contribution in [-0.2, 0) is 0 Å². The smallest absolute Gasteiger partial charge is 0.259 e. The van der Waals surface area contributed by atoms with Crippen LogP contribution in [-0.4, -0.2) is 44.8 Å². The number of aromatic nitrogens is 3. The van der Waals surface area contributed by atoms with Gasteiger partial charge in [-0.2, -0.15) is 0 Å². The molecule has 2 aromatic heterocycles. The number of nitrogens with one attached hydrogen (secondary N) is 1. The van der Waals surface area contributed by atoms with E-state index in [2.05, 4.69) is 26.9 Å². The SMILES string of the molecule is C=C(c1cccc(NC(=O)c2cc(-n3cnc(C4CC4)c3)c(C)cc2F)n1)N(C=NC)C(C)C. The number of hydrogen-bond donors (Lipinski definition) is 1. The molecular formula is C26H29FN6O. The van der Waals surface area contributed by atoms with E-state index in [1.165, 1.54) is 6.07 Å².